The molecule has 0 atom stereocenters. The van der Waals surface area contributed by atoms with Crippen molar-refractivity contribution in [3.8, 4) is 0 Å². The zero-order valence-corrected chi connectivity index (χ0v) is 16.2. The smallest absolute Gasteiger partial charge is 0.258 e. The lowest BCUT2D eigenvalue weighted by Crippen LogP contribution is -2.47. The number of aryl methyl sites for hydroxylation is 1. The molecule has 1 amide bonds. The van der Waals surface area contributed by atoms with Gasteiger partial charge in [-0.05, 0) is 48.9 Å². The molecule has 2 aromatic carbocycles. The van der Waals surface area contributed by atoms with Crippen molar-refractivity contribution in [2.45, 2.75) is 6.92 Å². The van der Waals surface area contributed by atoms with Gasteiger partial charge in [0, 0.05) is 49.9 Å². The van der Waals surface area contributed by atoms with Crippen LogP contribution in [0.1, 0.15) is 15.9 Å². The summed E-state index contributed by atoms with van der Waals surface area (Å²) < 4.78 is 13.1. The molecule has 2 heterocycles. The minimum Gasteiger partial charge on any atom is -0.368 e. The standard InChI is InChI=1S/C22H22FN5O/c1-16-3-2-4-19(13-16)26-21(29)17-14-24-22(25-15-17)28-11-9-27(10-12-28)20-7-5-18(23)6-8-20/h2-8,13-15H,9-12H2,1H3,(H,26,29). The van der Waals surface area contributed by atoms with Gasteiger partial charge in [-0.1, -0.05) is 12.1 Å². The third-order valence-electron chi connectivity index (χ3n) is 4.93. The van der Waals surface area contributed by atoms with E-state index < -0.39 is 0 Å². The van der Waals surface area contributed by atoms with Crippen molar-refractivity contribution < 1.29 is 9.18 Å². The Kier molecular flexibility index (Phi) is 5.37. The Labute approximate surface area is 169 Å². The summed E-state index contributed by atoms with van der Waals surface area (Å²) in [5.74, 6) is 0.145. The number of hydrogen-bond donors (Lipinski definition) is 1. The van der Waals surface area contributed by atoms with Gasteiger partial charge in [-0.2, -0.15) is 0 Å². The maximum absolute atomic E-state index is 13.1. The summed E-state index contributed by atoms with van der Waals surface area (Å²) in [7, 11) is 0. The van der Waals surface area contributed by atoms with Gasteiger partial charge < -0.3 is 15.1 Å². The molecule has 1 N–H and O–H groups in total. The average Bonchev–Trinajstić information content (AvgIpc) is 2.75. The lowest BCUT2D eigenvalue weighted by molar-refractivity contribution is 0.102. The topological polar surface area (TPSA) is 61.4 Å². The monoisotopic (exact) mass is 391 g/mol. The predicted octanol–water partition coefficient (Wildman–Crippen LogP) is 3.50. The zero-order chi connectivity index (χ0) is 20.2. The van der Waals surface area contributed by atoms with E-state index in [4.69, 9.17) is 0 Å². The highest BCUT2D eigenvalue weighted by atomic mass is 19.1. The van der Waals surface area contributed by atoms with Crippen molar-refractivity contribution in [3.05, 3.63) is 77.9 Å². The summed E-state index contributed by atoms with van der Waals surface area (Å²) in [6.45, 7) is 5.08. The molecule has 3 aromatic rings. The number of amides is 1. The molecule has 4 rings (SSSR count). The Morgan fingerprint density at radius 1 is 0.966 bits per heavy atom. The molecule has 1 aromatic heterocycles. The van der Waals surface area contributed by atoms with Crippen LogP contribution >= 0.6 is 0 Å². The van der Waals surface area contributed by atoms with Gasteiger partial charge in [-0.25, -0.2) is 14.4 Å². The van der Waals surface area contributed by atoms with Gasteiger partial charge >= 0.3 is 0 Å². The van der Waals surface area contributed by atoms with Crippen LogP contribution in [0.2, 0.25) is 0 Å². The zero-order valence-electron chi connectivity index (χ0n) is 16.2. The third kappa shape index (κ3) is 4.51. The van der Waals surface area contributed by atoms with Crippen LogP contribution in [-0.2, 0) is 0 Å². The summed E-state index contributed by atoms with van der Waals surface area (Å²) in [5.41, 5.74) is 3.25. The third-order valence-corrected chi connectivity index (χ3v) is 4.93. The number of benzene rings is 2. The average molecular weight is 391 g/mol. The molecule has 0 saturated carbocycles. The summed E-state index contributed by atoms with van der Waals surface area (Å²) in [6, 6.07) is 14.2. The second kappa shape index (κ2) is 8.26. The fourth-order valence-electron chi connectivity index (χ4n) is 3.34. The highest BCUT2D eigenvalue weighted by molar-refractivity contribution is 6.03. The number of rotatable bonds is 4. The Morgan fingerprint density at radius 3 is 2.28 bits per heavy atom. The largest absolute Gasteiger partial charge is 0.368 e. The van der Waals surface area contributed by atoms with E-state index in [1.54, 1.807) is 24.5 Å². The number of aromatic nitrogens is 2. The number of piperazine rings is 1. The molecule has 7 heteroatoms. The van der Waals surface area contributed by atoms with Gasteiger partial charge in [0.05, 0.1) is 5.56 Å². The number of nitrogens with zero attached hydrogens (tertiary/aromatic N) is 4. The van der Waals surface area contributed by atoms with Gasteiger partial charge in [-0.15, -0.1) is 0 Å². The van der Waals surface area contributed by atoms with Crippen LogP contribution in [0, 0.1) is 12.7 Å². The van der Waals surface area contributed by atoms with Gasteiger partial charge in [0.15, 0.2) is 0 Å². The normalized spacial score (nSPS) is 14.0. The van der Waals surface area contributed by atoms with E-state index in [-0.39, 0.29) is 11.7 Å². The molecule has 1 fully saturated rings. The second-order valence-electron chi connectivity index (χ2n) is 7.05. The fraction of sp³-hybridized carbons (Fsp3) is 0.227. The number of hydrogen-bond acceptors (Lipinski definition) is 5. The Balaban J connectivity index is 1.36. The molecule has 0 bridgehead atoms. The van der Waals surface area contributed by atoms with Gasteiger partial charge in [0.2, 0.25) is 5.95 Å². The van der Waals surface area contributed by atoms with Crippen molar-refractivity contribution in [1.82, 2.24) is 9.97 Å². The molecule has 1 aliphatic rings. The van der Waals surface area contributed by atoms with Crippen molar-refractivity contribution in [2.75, 3.05) is 41.3 Å². The van der Waals surface area contributed by atoms with Crippen LogP contribution in [0.5, 0.6) is 0 Å². The van der Waals surface area contributed by atoms with E-state index in [0.717, 1.165) is 43.1 Å². The van der Waals surface area contributed by atoms with E-state index in [0.29, 0.717) is 11.5 Å². The lowest BCUT2D eigenvalue weighted by atomic mass is 10.2. The predicted molar refractivity (Wildman–Crippen MR) is 112 cm³/mol. The van der Waals surface area contributed by atoms with E-state index in [9.17, 15) is 9.18 Å². The molecule has 0 spiro atoms. The molecule has 29 heavy (non-hydrogen) atoms. The van der Waals surface area contributed by atoms with Crippen molar-refractivity contribution in [2.24, 2.45) is 0 Å². The summed E-state index contributed by atoms with van der Waals surface area (Å²) in [6.07, 6.45) is 3.11. The molecule has 0 unspecified atom stereocenters. The Hall–Kier alpha value is -3.48. The quantitative estimate of drug-likeness (QED) is 0.738. The number of nitrogens with one attached hydrogen (secondary N) is 1. The van der Waals surface area contributed by atoms with E-state index in [1.807, 2.05) is 31.2 Å². The van der Waals surface area contributed by atoms with Crippen LogP contribution in [-0.4, -0.2) is 42.1 Å². The first-order chi connectivity index (χ1) is 14.1. The van der Waals surface area contributed by atoms with Crippen molar-refractivity contribution >= 4 is 23.2 Å². The highest BCUT2D eigenvalue weighted by Crippen LogP contribution is 2.19. The van der Waals surface area contributed by atoms with E-state index in [2.05, 4.69) is 25.1 Å². The molecule has 1 saturated heterocycles. The van der Waals surface area contributed by atoms with Gasteiger partial charge in [0.25, 0.3) is 5.91 Å². The number of anilines is 3. The first-order valence-electron chi connectivity index (χ1n) is 9.54. The summed E-state index contributed by atoms with van der Waals surface area (Å²) >= 11 is 0. The molecule has 148 valence electrons. The lowest BCUT2D eigenvalue weighted by Gasteiger charge is -2.36. The van der Waals surface area contributed by atoms with E-state index in [1.165, 1.54) is 12.1 Å². The number of carbonyl (C=O) groups excluding carboxylic acids is 1. The molecular weight excluding hydrogens is 369 g/mol. The molecule has 0 radical (unpaired) electrons. The molecule has 1 aliphatic heterocycles. The summed E-state index contributed by atoms with van der Waals surface area (Å²) in [4.78, 5) is 25.4. The Morgan fingerprint density at radius 2 is 1.62 bits per heavy atom. The highest BCUT2D eigenvalue weighted by Gasteiger charge is 2.19. The van der Waals surface area contributed by atoms with Crippen molar-refractivity contribution in [1.29, 1.82) is 0 Å². The van der Waals surface area contributed by atoms with Crippen LogP contribution in [0.4, 0.5) is 21.7 Å². The molecule has 6 nitrogen and oxygen atoms in total. The van der Waals surface area contributed by atoms with Crippen LogP contribution < -0.4 is 15.1 Å². The first-order valence-corrected chi connectivity index (χ1v) is 9.54. The number of halogens is 1. The van der Waals surface area contributed by atoms with Gasteiger partial charge in [-0.3, -0.25) is 4.79 Å². The SMILES string of the molecule is Cc1cccc(NC(=O)c2cnc(N3CCN(c4ccc(F)cc4)CC3)nc2)c1. The maximum atomic E-state index is 13.1. The van der Waals surface area contributed by atoms with Crippen molar-refractivity contribution in [3.63, 3.8) is 0 Å². The fourth-order valence-corrected chi connectivity index (χ4v) is 3.34. The minimum atomic E-state index is -0.233. The van der Waals surface area contributed by atoms with Gasteiger partial charge in [0.1, 0.15) is 5.82 Å². The van der Waals surface area contributed by atoms with Crippen LogP contribution in [0.3, 0.4) is 0 Å². The number of carbonyl (C=O) groups is 1. The second-order valence-corrected chi connectivity index (χ2v) is 7.05. The van der Waals surface area contributed by atoms with Crippen LogP contribution in [0.25, 0.3) is 0 Å². The van der Waals surface area contributed by atoms with E-state index >= 15 is 0 Å². The first kappa shape index (κ1) is 18.9. The van der Waals surface area contributed by atoms with Crippen LogP contribution in [0.15, 0.2) is 60.9 Å². The molecular formula is C22H22FN5O. The summed E-state index contributed by atoms with van der Waals surface area (Å²) in [5, 5.41) is 2.86. The molecule has 0 aliphatic carbocycles. The minimum absolute atomic E-state index is 0.229. The Bertz CT molecular complexity index is 983. The maximum Gasteiger partial charge on any atom is 0.258 e.